The summed E-state index contributed by atoms with van der Waals surface area (Å²) in [6.07, 6.45) is -2.51. The zero-order valence-corrected chi connectivity index (χ0v) is 22.8. The van der Waals surface area contributed by atoms with E-state index < -0.39 is 53.8 Å². The van der Waals surface area contributed by atoms with Crippen molar-refractivity contribution in [2.75, 3.05) is 20.3 Å². The molecule has 10 nitrogen and oxygen atoms in total. The van der Waals surface area contributed by atoms with E-state index in [4.69, 9.17) is 28.4 Å². The molecule has 0 N–H and O–H groups in total. The number of carbonyl (C=O) groups excluding carboxylic acids is 3. The van der Waals surface area contributed by atoms with Crippen molar-refractivity contribution in [1.82, 2.24) is 4.90 Å². The molecule has 0 aliphatic carbocycles. The normalized spacial score (nSPS) is 23.9. The molecule has 1 unspecified atom stereocenters. The van der Waals surface area contributed by atoms with E-state index in [1.807, 2.05) is 24.3 Å². The molecule has 2 heterocycles. The Hall–Kier alpha value is -3.01. The summed E-state index contributed by atoms with van der Waals surface area (Å²) in [5, 5.41) is 0. The molecule has 2 aliphatic rings. The Morgan fingerprint density at radius 1 is 0.973 bits per heavy atom. The first-order chi connectivity index (χ1) is 17.3. The van der Waals surface area contributed by atoms with Gasteiger partial charge in [0.2, 0.25) is 0 Å². The monoisotopic (exact) mass is 521 g/mol. The van der Waals surface area contributed by atoms with Gasteiger partial charge in [-0.1, -0.05) is 12.1 Å². The number of esters is 1. The maximum atomic E-state index is 13.3. The fourth-order valence-electron chi connectivity index (χ4n) is 4.25. The predicted octanol–water partition coefficient (Wildman–Crippen LogP) is 4.27. The lowest BCUT2D eigenvalue weighted by Crippen LogP contribution is -2.46. The van der Waals surface area contributed by atoms with E-state index in [0.29, 0.717) is 25.2 Å². The van der Waals surface area contributed by atoms with Crippen LogP contribution in [0.25, 0.3) is 0 Å². The van der Waals surface area contributed by atoms with Crippen LogP contribution in [-0.4, -0.2) is 78.9 Å². The molecule has 0 radical (unpaired) electrons. The molecule has 4 atom stereocenters. The van der Waals surface area contributed by atoms with Gasteiger partial charge in [0, 0.05) is 6.61 Å². The molecular weight excluding hydrogens is 482 g/mol. The minimum Gasteiger partial charge on any atom is -0.497 e. The highest BCUT2D eigenvalue weighted by molar-refractivity contribution is 5.76. The number of amides is 1. The Morgan fingerprint density at radius 3 is 2.16 bits per heavy atom. The van der Waals surface area contributed by atoms with Crippen LogP contribution in [0.15, 0.2) is 24.3 Å². The molecule has 37 heavy (non-hydrogen) atoms. The van der Waals surface area contributed by atoms with Crippen molar-refractivity contribution < 1.29 is 42.8 Å². The molecule has 206 valence electrons. The number of ether oxygens (including phenoxy) is 6. The minimum absolute atomic E-state index is 0.0293. The highest BCUT2D eigenvalue weighted by atomic mass is 16.7. The van der Waals surface area contributed by atoms with Gasteiger partial charge in [0.25, 0.3) is 0 Å². The lowest BCUT2D eigenvalue weighted by Gasteiger charge is -2.30. The smallest absolute Gasteiger partial charge is 0.497 e. The van der Waals surface area contributed by atoms with Crippen LogP contribution < -0.4 is 4.74 Å². The summed E-state index contributed by atoms with van der Waals surface area (Å²) in [5.74, 6) is 0.137. The molecule has 0 saturated carbocycles. The van der Waals surface area contributed by atoms with E-state index >= 15 is 0 Å². The first-order valence-electron chi connectivity index (χ1n) is 12.6. The fourth-order valence-corrected chi connectivity index (χ4v) is 4.25. The highest BCUT2D eigenvalue weighted by Crippen LogP contribution is 2.31. The summed E-state index contributed by atoms with van der Waals surface area (Å²) in [4.78, 5) is 40.3. The van der Waals surface area contributed by atoms with E-state index in [2.05, 4.69) is 0 Å². The van der Waals surface area contributed by atoms with Crippen LogP contribution in [-0.2, 0) is 34.9 Å². The molecule has 1 aromatic carbocycles. The number of likely N-dealkylation sites (tertiary alicyclic amines) is 1. The summed E-state index contributed by atoms with van der Waals surface area (Å²) in [6.45, 7) is 10.9. The van der Waals surface area contributed by atoms with Crippen molar-refractivity contribution in [3.05, 3.63) is 29.8 Å². The van der Waals surface area contributed by atoms with Crippen molar-refractivity contribution in [2.24, 2.45) is 0 Å². The van der Waals surface area contributed by atoms with Crippen molar-refractivity contribution in [2.45, 2.75) is 96.4 Å². The molecule has 2 saturated heterocycles. The summed E-state index contributed by atoms with van der Waals surface area (Å²) in [6, 6.07) is 6.69. The SMILES string of the molecule is COc1ccc(C[C@@H]2[C@H](OC(=O)C3CCCO3)[C@@H](OC(=O)OC(C)(C)C)CN2C(=O)OC(C)(C)C)cc1. The van der Waals surface area contributed by atoms with Crippen LogP contribution in [0.5, 0.6) is 5.75 Å². The van der Waals surface area contributed by atoms with Gasteiger partial charge in [-0.15, -0.1) is 0 Å². The molecular formula is C27H39NO9. The van der Waals surface area contributed by atoms with Crippen LogP contribution >= 0.6 is 0 Å². The van der Waals surface area contributed by atoms with Crippen LogP contribution in [0.1, 0.15) is 59.9 Å². The molecule has 2 aliphatic heterocycles. The number of nitrogens with zero attached hydrogens (tertiary/aromatic N) is 1. The van der Waals surface area contributed by atoms with E-state index in [9.17, 15) is 14.4 Å². The molecule has 3 rings (SSSR count). The van der Waals surface area contributed by atoms with Gasteiger partial charge >= 0.3 is 18.2 Å². The van der Waals surface area contributed by atoms with Gasteiger partial charge in [0.15, 0.2) is 18.3 Å². The fraction of sp³-hybridized carbons (Fsp3) is 0.667. The van der Waals surface area contributed by atoms with E-state index in [-0.39, 0.29) is 6.54 Å². The number of rotatable bonds is 6. The van der Waals surface area contributed by atoms with Crippen LogP contribution in [0.3, 0.4) is 0 Å². The average Bonchev–Trinajstić information content (AvgIpc) is 3.42. The third-order valence-corrected chi connectivity index (χ3v) is 5.84. The van der Waals surface area contributed by atoms with Crippen LogP contribution in [0.2, 0.25) is 0 Å². The lowest BCUT2D eigenvalue weighted by atomic mass is 10.0. The first kappa shape index (κ1) is 28.6. The van der Waals surface area contributed by atoms with Gasteiger partial charge in [-0.05, 0) is 78.5 Å². The summed E-state index contributed by atoms with van der Waals surface area (Å²) in [7, 11) is 1.58. The van der Waals surface area contributed by atoms with Crippen molar-refractivity contribution in [3.8, 4) is 5.75 Å². The maximum absolute atomic E-state index is 13.3. The number of methoxy groups -OCH3 is 1. The van der Waals surface area contributed by atoms with E-state index in [0.717, 1.165) is 12.0 Å². The van der Waals surface area contributed by atoms with Crippen molar-refractivity contribution in [1.29, 1.82) is 0 Å². The third kappa shape index (κ3) is 8.24. The average molecular weight is 522 g/mol. The summed E-state index contributed by atoms with van der Waals surface area (Å²) >= 11 is 0. The van der Waals surface area contributed by atoms with Crippen molar-refractivity contribution in [3.63, 3.8) is 0 Å². The van der Waals surface area contributed by atoms with Crippen LogP contribution in [0, 0.1) is 0 Å². The standard InChI is InChI=1S/C27H39NO9/c1-26(2,3)36-24(30)28-16-21(34-25(31)37-27(4,5)6)22(35-23(29)20-9-8-14-33-20)19(28)15-17-10-12-18(32-7)13-11-17/h10-13,19-22H,8-9,14-16H2,1-7H3/t19-,20?,21+,22+/m1/s1. The van der Waals surface area contributed by atoms with Gasteiger partial charge in [0.05, 0.1) is 19.7 Å². The third-order valence-electron chi connectivity index (χ3n) is 5.84. The second kappa shape index (κ2) is 11.6. The number of hydrogen-bond donors (Lipinski definition) is 0. The van der Waals surface area contributed by atoms with Gasteiger partial charge < -0.3 is 28.4 Å². The van der Waals surface area contributed by atoms with E-state index in [1.165, 1.54) is 4.90 Å². The Kier molecular flexibility index (Phi) is 8.94. The minimum atomic E-state index is -0.962. The lowest BCUT2D eigenvalue weighted by molar-refractivity contribution is -0.166. The van der Waals surface area contributed by atoms with Crippen molar-refractivity contribution >= 4 is 18.2 Å². The molecule has 0 aromatic heterocycles. The van der Waals surface area contributed by atoms with E-state index in [1.54, 1.807) is 48.7 Å². The molecule has 1 amide bonds. The summed E-state index contributed by atoms with van der Waals surface area (Å²) in [5.41, 5.74) is -0.668. The Balaban J connectivity index is 1.92. The van der Waals surface area contributed by atoms with Gasteiger partial charge in [-0.25, -0.2) is 14.4 Å². The number of carbonyl (C=O) groups is 3. The topological polar surface area (TPSA) is 110 Å². The van der Waals surface area contributed by atoms with Crippen LogP contribution in [0.4, 0.5) is 9.59 Å². The second-order valence-corrected chi connectivity index (χ2v) is 11.3. The Labute approximate surface area is 218 Å². The molecule has 0 bridgehead atoms. The van der Waals surface area contributed by atoms with Gasteiger partial charge in [0.1, 0.15) is 17.0 Å². The zero-order valence-electron chi connectivity index (χ0n) is 22.8. The Morgan fingerprint density at radius 2 is 1.62 bits per heavy atom. The van der Waals surface area contributed by atoms with Gasteiger partial charge in [-0.3, -0.25) is 4.90 Å². The molecule has 10 heteroatoms. The largest absolute Gasteiger partial charge is 0.509 e. The highest BCUT2D eigenvalue weighted by Gasteiger charge is 2.50. The predicted molar refractivity (Wildman–Crippen MR) is 133 cm³/mol. The first-order valence-corrected chi connectivity index (χ1v) is 12.6. The number of benzene rings is 1. The number of hydrogen-bond acceptors (Lipinski definition) is 9. The summed E-state index contributed by atoms with van der Waals surface area (Å²) < 4.78 is 33.3. The Bertz CT molecular complexity index is 942. The zero-order chi connectivity index (χ0) is 27.4. The molecule has 0 spiro atoms. The maximum Gasteiger partial charge on any atom is 0.509 e. The molecule has 2 fully saturated rings. The second-order valence-electron chi connectivity index (χ2n) is 11.3. The van der Waals surface area contributed by atoms with Gasteiger partial charge in [-0.2, -0.15) is 0 Å². The quantitative estimate of drug-likeness (QED) is 0.400. The molecule has 1 aromatic rings.